The van der Waals surface area contributed by atoms with Crippen LogP contribution in [0.2, 0.25) is 0 Å². The second kappa shape index (κ2) is 14.1. The Morgan fingerprint density at radius 3 is 2.45 bits per heavy atom. The Balaban J connectivity index is 3.57. The molecule has 0 radical (unpaired) electrons. The van der Waals surface area contributed by atoms with Crippen molar-refractivity contribution in [3.8, 4) is 0 Å². The van der Waals surface area contributed by atoms with Crippen molar-refractivity contribution < 1.29 is 9.53 Å². The summed E-state index contributed by atoms with van der Waals surface area (Å²) in [5.41, 5.74) is 0. The number of carbonyl (C=O) groups excluding carboxylic acids is 1. The van der Waals surface area contributed by atoms with E-state index in [4.69, 9.17) is 4.74 Å². The van der Waals surface area contributed by atoms with Gasteiger partial charge in [-0.05, 0) is 37.4 Å². The molecule has 2 unspecified atom stereocenters. The van der Waals surface area contributed by atoms with Crippen molar-refractivity contribution in [1.29, 1.82) is 0 Å². The Morgan fingerprint density at radius 1 is 1.10 bits per heavy atom. The summed E-state index contributed by atoms with van der Waals surface area (Å²) in [7, 11) is 0. The molecular weight excluding hydrogens is 288 g/mol. The summed E-state index contributed by atoms with van der Waals surface area (Å²) >= 11 is 8.68. The average molecular weight is 321 g/mol. The van der Waals surface area contributed by atoms with Gasteiger partial charge in [-0.25, -0.2) is 0 Å². The van der Waals surface area contributed by atoms with E-state index in [2.05, 4.69) is 39.1 Å². The Kier molecular flexibility index (Phi) is 14.2. The molecule has 0 rings (SSSR count). The quantitative estimate of drug-likeness (QED) is 0.286. The monoisotopic (exact) mass is 320 g/mol. The maximum Gasteiger partial charge on any atom is 0.305 e. The minimum Gasteiger partial charge on any atom is -0.465 e. The van der Waals surface area contributed by atoms with Crippen molar-refractivity contribution in [1.82, 2.24) is 0 Å². The second-order valence-electron chi connectivity index (χ2n) is 5.51. The first-order chi connectivity index (χ1) is 9.63. The van der Waals surface area contributed by atoms with Crippen LogP contribution in [0.5, 0.6) is 0 Å². The predicted octanol–water partition coefficient (Wildman–Crippen LogP) is 4.92. The molecule has 0 aromatic heterocycles. The standard InChI is InChI=1S/C16H32O2S2/c1-3-5-8-14(4-2)13-18-16(17)10-7-6-9-15(20)11-12-19/h14-15,19-20H,3-13H2,1-2H3. The van der Waals surface area contributed by atoms with E-state index in [0.717, 1.165) is 37.9 Å². The van der Waals surface area contributed by atoms with E-state index in [1.54, 1.807) is 0 Å². The van der Waals surface area contributed by atoms with E-state index in [1.807, 2.05) is 0 Å². The number of ether oxygens (including phenoxy) is 1. The van der Waals surface area contributed by atoms with Crippen LogP contribution in [-0.4, -0.2) is 23.6 Å². The molecule has 0 aromatic rings. The third-order valence-corrected chi connectivity index (χ3v) is 4.43. The zero-order valence-corrected chi connectivity index (χ0v) is 14.9. The number of rotatable bonds is 13. The number of thiol groups is 2. The van der Waals surface area contributed by atoms with E-state index in [9.17, 15) is 4.79 Å². The van der Waals surface area contributed by atoms with Gasteiger partial charge < -0.3 is 4.74 Å². The molecule has 0 aliphatic carbocycles. The molecule has 0 fully saturated rings. The fraction of sp³-hybridized carbons (Fsp3) is 0.938. The van der Waals surface area contributed by atoms with Crippen LogP contribution in [0, 0.1) is 5.92 Å². The number of hydrogen-bond acceptors (Lipinski definition) is 4. The highest BCUT2D eigenvalue weighted by Crippen LogP contribution is 2.15. The Bertz CT molecular complexity index is 235. The van der Waals surface area contributed by atoms with E-state index in [-0.39, 0.29) is 5.97 Å². The van der Waals surface area contributed by atoms with Gasteiger partial charge in [0.15, 0.2) is 0 Å². The molecule has 0 bridgehead atoms. The summed E-state index contributed by atoms with van der Waals surface area (Å²) in [6, 6.07) is 0. The number of esters is 1. The van der Waals surface area contributed by atoms with Crippen molar-refractivity contribution in [3.63, 3.8) is 0 Å². The first kappa shape index (κ1) is 20.2. The maximum atomic E-state index is 11.7. The molecule has 0 N–H and O–H groups in total. The van der Waals surface area contributed by atoms with Gasteiger partial charge >= 0.3 is 5.97 Å². The molecule has 20 heavy (non-hydrogen) atoms. The van der Waals surface area contributed by atoms with Gasteiger partial charge in [0.2, 0.25) is 0 Å². The molecule has 4 heteroatoms. The lowest BCUT2D eigenvalue weighted by molar-refractivity contribution is -0.145. The van der Waals surface area contributed by atoms with Gasteiger partial charge in [-0.1, -0.05) is 39.5 Å². The number of carbonyl (C=O) groups is 1. The fourth-order valence-electron chi connectivity index (χ4n) is 2.12. The van der Waals surface area contributed by atoms with Crippen LogP contribution >= 0.6 is 25.3 Å². The van der Waals surface area contributed by atoms with Gasteiger partial charge in [0.25, 0.3) is 0 Å². The number of hydrogen-bond donors (Lipinski definition) is 2. The fourth-order valence-corrected chi connectivity index (χ4v) is 2.95. The topological polar surface area (TPSA) is 26.3 Å². The van der Waals surface area contributed by atoms with Crippen molar-refractivity contribution >= 4 is 31.2 Å². The van der Waals surface area contributed by atoms with Gasteiger partial charge in [0.05, 0.1) is 6.61 Å². The minimum absolute atomic E-state index is 0.0372. The number of unbranched alkanes of at least 4 members (excludes halogenated alkanes) is 2. The average Bonchev–Trinajstić information content (AvgIpc) is 2.44. The van der Waals surface area contributed by atoms with E-state index < -0.39 is 0 Å². The molecule has 120 valence electrons. The lowest BCUT2D eigenvalue weighted by atomic mass is 10.0. The smallest absolute Gasteiger partial charge is 0.305 e. The predicted molar refractivity (Wildman–Crippen MR) is 94.0 cm³/mol. The largest absolute Gasteiger partial charge is 0.465 e. The molecule has 0 saturated heterocycles. The summed E-state index contributed by atoms with van der Waals surface area (Å²) in [6.45, 7) is 4.97. The lowest BCUT2D eigenvalue weighted by Gasteiger charge is -2.14. The van der Waals surface area contributed by atoms with E-state index in [0.29, 0.717) is 24.2 Å². The highest BCUT2D eigenvalue weighted by atomic mass is 32.1. The van der Waals surface area contributed by atoms with Crippen LogP contribution < -0.4 is 0 Å². The van der Waals surface area contributed by atoms with Crippen molar-refractivity contribution in [2.24, 2.45) is 5.92 Å². The molecule has 0 aliphatic heterocycles. The maximum absolute atomic E-state index is 11.7. The van der Waals surface area contributed by atoms with Crippen LogP contribution in [0.3, 0.4) is 0 Å². The zero-order valence-electron chi connectivity index (χ0n) is 13.1. The molecule has 0 aliphatic rings. The lowest BCUT2D eigenvalue weighted by Crippen LogP contribution is -2.13. The third kappa shape index (κ3) is 12.0. The molecule has 2 atom stereocenters. The highest BCUT2D eigenvalue weighted by molar-refractivity contribution is 7.81. The van der Waals surface area contributed by atoms with Gasteiger partial charge in [-0.3, -0.25) is 4.79 Å². The van der Waals surface area contributed by atoms with Crippen LogP contribution in [0.25, 0.3) is 0 Å². The van der Waals surface area contributed by atoms with Crippen LogP contribution in [0.4, 0.5) is 0 Å². The SMILES string of the molecule is CCCCC(CC)COC(=O)CCCCC(S)CCS. The first-order valence-electron chi connectivity index (χ1n) is 8.08. The van der Waals surface area contributed by atoms with Gasteiger partial charge in [-0.2, -0.15) is 25.3 Å². The third-order valence-electron chi connectivity index (χ3n) is 3.65. The van der Waals surface area contributed by atoms with E-state index in [1.165, 1.54) is 19.3 Å². The second-order valence-corrected chi connectivity index (χ2v) is 6.69. The molecule has 0 heterocycles. The van der Waals surface area contributed by atoms with Gasteiger partial charge in [-0.15, -0.1) is 0 Å². The highest BCUT2D eigenvalue weighted by Gasteiger charge is 2.10. The summed E-state index contributed by atoms with van der Waals surface area (Å²) < 4.78 is 5.38. The van der Waals surface area contributed by atoms with Crippen LogP contribution in [-0.2, 0) is 9.53 Å². The van der Waals surface area contributed by atoms with Crippen molar-refractivity contribution in [3.05, 3.63) is 0 Å². The summed E-state index contributed by atoms with van der Waals surface area (Å²) in [4.78, 5) is 11.7. The molecule has 0 saturated carbocycles. The molecule has 0 aromatic carbocycles. The molecule has 0 spiro atoms. The Morgan fingerprint density at radius 2 is 1.85 bits per heavy atom. The Labute approximate surface area is 136 Å². The van der Waals surface area contributed by atoms with Crippen molar-refractivity contribution in [2.45, 2.75) is 76.9 Å². The van der Waals surface area contributed by atoms with Crippen LogP contribution in [0.1, 0.15) is 71.6 Å². The summed E-state index contributed by atoms with van der Waals surface area (Å²) in [6.07, 6.45) is 9.30. The summed E-state index contributed by atoms with van der Waals surface area (Å²) in [5, 5.41) is 0.419. The molecular formula is C16H32O2S2. The van der Waals surface area contributed by atoms with Crippen LogP contribution in [0.15, 0.2) is 0 Å². The van der Waals surface area contributed by atoms with Crippen molar-refractivity contribution in [2.75, 3.05) is 12.4 Å². The van der Waals surface area contributed by atoms with Gasteiger partial charge in [0, 0.05) is 11.7 Å². The normalized spacial score (nSPS) is 14.0. The summed E-state index contributed by atoms with van der Waals surface area (Å²) in [5.74, 6) is 1.38. The zero-order chi connectivity index (χ0) is 15.2. The van der Waals surface area contributed by atoms with E-state index >= 15 is 0 Å². The first-order valence-corrected chi connectivity index (χ1v) is 9.23. The minimum atomic E-state index is -0.0372. The Hall–Kier alpha value is 0.170. The molecule has 0 amide bonds. The van der Waals surface area contributed by atoms with Gasteiger partial charge in [0.1, 0.15) is 0 Å². The molecule has 2 nitrogen and oxygen atoms in total.